The molecule has 1 aliphatic rings. The highest BCUT2D eigenvalue weighted by Gasteiger charge is 2.16. The van der Waals surface area contributed by atoms with Gasteiger partial charge in [0, 0.05) is 19.0 Å². The molecule has 1 aromatic heterocycles. The number of hydrogen-bond acceptors (Lipinski definition) is 3. The highest BCUT2D eigenvalue weighted by atomic mass is 32.1. The predicted molar refractivity (Wildman–Crippen MR) is 66.7 cm³/mol. The monoisotopic (exact) mass is 238 g/mol. The van der Waals surface area contributed by atoms with Gasteiger partial charge in [0.05, 0.1) is 0 Å². The van der Waals surface area contributed by atoms with E-state index in [-0.39, 0.29) is 5.91 Å². The molecule has 0 aliphatic carbocycles. The summed E-state index contributed by atoms with van der Waals surface area (Å²) in [6.07, 6.45) is 3.90. The van der Waals surface area contributed by atoms with Crippen LogP contribution in [-0.4, -0.2) is 25.0 Å². The summed E-state index contributed by atoms with van der Waals surface area (Å²) in [6, 6.07) is 2.51. The fourth-order valence-electron chi connectivity index (χ4n) is 2.01. The Morgan fingerprint density at radius 3 is 3.25 bits per heavy atom. The van der Waals surface area contributed by atoms with Crippen molar-refractivity contribution in [1.82, 2.24) is 10.6 Å². The van der Waals surface area contributed by atoms with E-state index in [1.165, 1.54) is 12.0 Å². The van der Waals surface area contributed by atoms with Gasteiger partial charge >= 0.3 is 0 Å². The lowest BCUT2D eigenvalue weighted by Gasteiger charge is -2.09. The number of hydrogen-bond donors (Lipinski definition) is 2. The summed E-state index contributed by atoms with van der Waals surface area (Å²) in [5.74, 6) is 0.176. The van der Waals surface area contributed by atoms with Crippen LogP contribution in [0.1, 0.15) is 24.8 Å². The van der Waals surface area contributed by atoms with E-state index in [2.05, 4.69) is 27.5 Å². The summed E-state index contributed by atoms with van der Waals surface area (Å²) in [6.45, 7) is 1.81. The zero-order valence-corrected chi connectivity index (χ0v) is 10.2. The lowest BCUT2D eigenvalue weighted by molar-refractivity contribution is -0.121. The molecule has 0 bridgehead atoms. The van der Waals surface area contributed by atoms with Gasteiger partial charge in [-0.25, -0.2) is 0 Å². The minimum atomic E-state index is 0.176. The third kappa shape index (κ3) is 3.61. The minimum Gasteiger partial charge on any atom is -0.356 e. The van der Waals surface area contributed by atoms with Crippen LogP contribution in [0.3, 0.4) is 0 Å². The van der Waals surface area contributed by atoms with E-state index in [0.29, 0.717) is 12.5 Å². The SMILES string of the molecule is O=C(CC1CCCN1)NCCc1ccsc1. The summed E-state index contributed by atoms with van der Waals surface area (Å²) in [5, 5.41) is 10.5. The molecule has 88 valence electrons. The molecule has 0 radical (unpaired) electrons. The Balaban J connectivity index is 1.60. The van der Waals surface area contributed by atoms with Crippen LogP contribution in [0.2, 0.25) is 0 Å². The van der Waals surface area contributed by atoms with Crippen LogP contribution in [0, 0.1) is 0 Å². The Morgan fingerprint density at radius 1 is 1.62 bits per heavy atom. The first-order chi connectivity index (χ1) is 7.84. The summed E-state index contributed by atoms with van der Waals surface area (Å²) < 4.78 is 0. The number of carbonyl (C=O) groups excluding carboxylic acids is 1. The summed E-state index contributed by atoms with van der Waals surface area (Å²) in [5.41, 5.74) is 1.31. The molecule has 1 aliphatic heterocycles. The summed E-state index contributed by atoms with van der Waals surface area (Å²) in [7, 11) is 0. The van der Waals surface area contributed by atoms with Gasteiger partial charge in [-0.2, -0.15) is 11.3 Å². The van der Waals surface area contributed by atoms with Crippen molar-refractivity contribution < 1.29 is 4.79 Å². The minimum absolute atomic E-state index is 0.176. The summed E-state index contributed by atoms with van der Waals surface area (Å²) >= 11 is 1.70. The zero-order valence-electron chi connectivity index (χ0n) is 9.37. The predicted octanol–water partition coefficient (Wildman–Crippen LogP) is 1.55. The van der Waals surface area contributed by atoms with E-state index < -0.39 is 0 Å². The van der Waals surface area contributed by atoms with Crippen molar-refractivity contribution in [2.75, 3.05) is 13.1 Å². The molecular weight excluding hydrogens is 220 g/mol. The molecule has 1 amide bonds. The second-order valence-corrected chi connectivity index (χ2v) is 5.01. The van der Waals surface area contributed by atoms with Gasteiger partial charge in [-0.1, -0.05) is 0 Å². The molecule has 2 rings (SSSR count). The van der Waals surface area contributed by atoms with Gasteiger partial charge in [0.2, 0.25) is 5.91 Å². The van der Waals surface area contributed by atoms with E-state index >= 15 is 0 Å². The average molecular weight is 238 g/mol. The van der Waals surface area contributed by atoms with Crippen LogP contribution in [0.15, 0.2) is 16.8 Å². The van der Waals surface area contributed by atoms with Crippen LogP contribution in [0.5, 0.6) is 0 Å². The van der Waals surface area contributed by atoms with E-state index in [9.17, 15) is 4.79 Å². The number of rotatable bonds is 5. The van der Waals surface area contributed by atoms with Crippen molar-refractivity contribution >= 4 is 17.2 Å². The number of amides is 1. The van der Waals surface area contributed by atoms with Crippen molar-refractivity contribution in [2.24, 2.45) is 0 Å². The Kier molecular flexibility index (Phi) is 4.36. The molecule has 0 aromatic carbocycles. The normalized spacial score (nSPS) is 19.9. The lowest BCUT2D eigenvalue weighted by Crippen LogP contribution is -2.32. The van der Waals surface area contributed by atoms with Gasteiger partial charge in [0.1, 0.15) is 0 Å². The third-order valence-electron chi connectivity index (χ3n) is 2.91. The molecule has 0 saturated carbocycles. The first-order valence-electron chi connectivity index (χ1n) is 5.86. The molecule has 0 spiro atoms. The first-order valence-corrected chi connectivity index (χ1v) is 6.80. The van der Waals surface area contributed by atoms with Crippen molar-refractivity contribution in [3.63, 3.8) is 0 Å². The van der Waals surface area contributed by atoms with Gasteiger partial charge in [-0.15, -0.1) is 0 Å². The molecule has 1 aromatic rings. The van der Waals surface area contributed by atoms with Gasteiger partial charge < -0.3 is 10.6 Å². The van der Waals surface area contributed by atoms with E-state index in [0.717, 1.165) is 25.9 Å². The second kappa shape index (κ2) is 6.01. The first kappa shape index (κ1) is 11.6. The highest BCUT2D eigenvalue weighted by Crippen LogP contribution is 2.08. The van der Waals surface area contributed by atoms with Crippen LogP contribution in [0.4, 0.5) is 0 Å². The molecule has 1 saturated heterocycles. The highest BCUT2D eigenvalue weighted by molar-refractivity contribution is 7.07. The van der Waals surface area contributed by atoms with E-state index in [4.69, 9.17) is 0 Å². The molecule has 3 nitrogen and oxygen atoms in total. The fourth-order valence-corrected chi connectivity index (χ4v) is 2.71. The molecule has 4 heteroatoms. The molecule has 1 unspecified atom stereocenters. The zero-order chi connectivity index (χ0) is 11.2. The molecular formula is C12H18N2OS. The van der Waals surface area contributed by atoms with Crippen molar-refractivity contribution in [1.29, 1.82) is 0 Å². The maximum absolute atomic E-state index is 11.6. The maximum atomic E-state index is 11.6. The van der Waals surface area contributed by atoms with Crippen LogP contribution in [-0.2, 0) is 11.2 Å². The average Bonchev–Trinajstić information content (AvgIpc) is 2.90. The quantitative estimate of drug-likeness (QED) is 0.817. The topological polar surface area (TPSA) is 41.1 Å². The maximum Gasteiger partial charge on any atom is 0.221 e. The van der Waals surface area contributed by atoms with E-state index in [1.54, 1.807) is 11.3 Å². The standard InChI is InChI=1S/C12H18N2OS/c15-12(8-11-2-1-5-13-11)14-6-3-10-4-7-16-9-10/h4,7,9,11,13H,1-3,5-6,8H2,(H,14,15). The summed E-state index contributed by atoms with van der Waals surface area (Å²) in [4.78, 5) is 11.6. The van der Waals surface area contributed by atoms with Gasteiger partial charge in [-0.3, -0.25) is 4.79 Å². The Bertz CT molecular complexity index is 318. The van der Waals surface area contributed by atoms with Crippen molar-refractivity contribution in [3.05, 3.63) is 22.4 Å². The van der Waals surface area contributed by atoms with E-state index in [1.807, 2.05) is 0 Å². The van der Waals surface area contributed by atoms with Gasteiger partial charge in [-0.05, 0) is 48.2 Å². The Labute approximate surface area is 100 Å². The van der Waals surface area contributed by atoms with Crippen molar-refractivity contribution in [3.8, 4) is 0 Å². The number of thiophene rings is 1. The molecule has 2 N–H and O–H groups in total. The second-order valence-electron chi connectivity index (χ2n) is 4.23. The largest absolute Gasteiger partial charge is 0.356 e. The molecule has 16 heavy (non-hydrogen) atoms. The van der Waals surface area contributed by atoms with Crippen LogP contribution >= 0.6 is 11.3 Å². The Hall–Kier alpha value is -0.870. The van der Waals surface area contributed by atoms with Crippen LogP contribution in [0.25, 0.3) is 0 Å². The number of carbonyl (C=O) groups is 1. The smallest absolute Gasteiger partial charge is 0.221 e. The third-order valence-corrected chi connectivity index (χ3v) is 3.64. The van der Waals surface area contributed by atoms with Crippen LogP contribution < -0.4 is 10.6 Å². The Morgan fingerprint density at radius 2 is 2.56 bits per heavy atom. The van der Waals surface area contributed by atoms with Gasteiger partial charge in [0.15, 0.2) is 0 Å². The molecule has 1 atom stereocenters. The fraction of sp³-hybridized carbons (Fsp3) is 0.583. The number of nitrogens with one attached hydrogen (secondary N) is 2. The molecule has 1 fully saturated rings. The van der Waals surface area contributed by atoms with Crippen molar-refractivity contribution in [2.45, 2.75) is 31.7 Å². The van der Waals surface area contributed by atoms with Gasteiger partial charge in [0.25, 0.3) is 0 Å². The lowest BCUT2D eigenvalue weighted by atomic mass is 10.1. The molecule has 2 heterocycles.